The van der Waals surface area contributed by atoms with Gasteiger partial charge in [-0.1, -0.05) is 6.07 Å². The lowest BCUT2D eigenvalue weighted by atomic mass is 10.3. The second-order valence-electron chi connectivity index (χ2n) is 3.30. The van der Waals surface area contributed by atoms with Crippen LogP contribution >= 0.6 is 0 Å². The Hall–Kier alpha value is -2.43. The molecule has 3 aromatic heterocycles. The Kier molecular flexibility index (Phi) is 2.00. The zero-order valence-corrected chi connectivity index (χ0v) is 8.41. The number of aromatic nitrogens is 5. The molecule has 0 bridgehead atoms. The molecule has 0 aliphatic heterocycles. The third-order valence-electron chi connectivity index (χ3n) is 2.25. The van der Waals surface area contributed by atoms with E-state index in [1.165, 1.54) is 0 Å². The van der Waals surface area contributed by atoms with Crippen LogP contribution < -0.4 is 0 Å². The van der Waals surface area contributed by atoms with E-state index < -0.39 is 0 Å². The first kappa shape index (κ1) is 8.84. The van der Waals surface area contributed by atoms with Gasteiger partial charge in [0.15, 0.2) is 5.82 Å². The van der Waals surface area contributed by atoms with Crippen LogP contribution in [0.2, 0.25) is 0 Å². The van der Waals surface area contributed by atoms with Crippen molar-refractivity contribution in [3.63, 3.8) is 0 Å². The zero-order chi connectivity index (χ0) is 10.8. The van der Waals surface area contributed by atoms with Gasteiger partial charge in [0, 0.05) is 18.6 Å². The Labute approximate surface area is 91.8 Å². The second kappa shape index (κ2) is 3.62. The maximum absolute atomic E-state index is 4.49. The molecule has 0 atom stereocenters. The Morgan fingerprint density at radius 2 is 2.06 bits per heavy atom. The van der Waals surface area contributed by atoms with Crippen LogP contribution in [-0.2, 0) is 0 Å². The van der Waals surface area contributed by atoms with Crippen molar-refractivity contribution in [3.8, 4) is 17.2 Å². The number of rotatable bonds is 2. The van der Waals surface area contributed by atoms with Crippen LogP contribution in [0.1, 0.15) is 0 Å². The lowest BCUT2D eigenvalue weighted by Crippen LogP contribution is -1.98. The Bertz CT molecular complexity index is 519. The summed E-state index contributed by atoms with van der Waals surface area (Å²) in [6, 6.07) is 9.54. The van der Waals surface area contributed by atoms with E-state index in [1.807, 2.05) is 36.5 Å². The molecule has 0 aliphatic carbocycles. The number of H-pyrrole nitrogens is 1. The van der Waals surface area contributed by atoms with E-state index in [2.05, 4.69) is 20.3 Å². The van der Waals surface area contributed by atoms with E-state index in [4.69, 9.17) is 0 Å². The van der Waals surface area contributed by atoms with Crippen molar-refractivity contribution in [1.29, 1.82) is 0 Å². The van der Waals surface area contributed by atoms with Gasteiger partial charge < -0.3 is 0 Å². The van der Waals surface area contributed by atoms with E-state index in [-0.39, 0.29) is 0 Å². The Morgan fingerprint density at radius 3 is 2.81 bits per heavy atom. The number of aromatic amines is 1. The van der Waals surface area contributed by atoms with Crippen LogP contribution in [0.5, 0.6) is 0 Å². The lowest BCUT2D eigenvalue weighted by molar-refractivity contribution is 0.847. The fourth-order valence-corrected chi connectivity index (χ4v) is 1.50. The summed E-state index contributed by atoms with van der Waals surface area (Å²) >= 11 is 0. The maximum Gasteiger partial charge on any atom is 0.154 e. The van der Waals surface area contributed by atoms with Crippen molar-refractivity contribution in [2.24, 2.45) is 0 Å². The summed E-state index contributed by atoms with van der Waals surface area (Å²) in [5, 5.41) is 10.9. The molecule has 0 spiro atoms. The zero-order valence-electron chi connectivity index (χ0n) is 8.41. The minimum atomic E-state index is 0.789. The summed E-state index contributed by atoms with van der Waals surface area (Å²) in [5.41, 5.74) is 1.75. The predicted octanol–water partition coefficient (Wildman–Crippen LogP) is 1.66. The van der Waals surface area contributed by atoms with Crippen molar-refractivity contribution in [2.45, 2.75) is 0 Å². The van der Waals surface area contributed by atoms with Crippen molar-refractivity contribution >= 4 is 0 Å². The Balaban J connectivity index is 2.07. The predicted molar refractivity (Wildman–Crippen MR) is 58.9 cm³/mol. The van der Waals surface area contributed by atoms with Crippen LogP contribution in [0, 0.1) is 0 Å². The first-order valence-electron chi connectivity index (χ1n) is 4.90. The fraction of sp³-hybridized carbons (Fsp3) is 0. The van der Waals surface area contributed by atoms with Gasteiger partial charge in [0.1, 0.15) is 0 Å². The highest BCUT2D eigenvalue weighted by atomic mass is 15.3. The van der Waals surface area contributed by atoms with Crippen LogP contribution in [0.4, 0.5) is 0 Å². The summed E-state index contributed by atoms with van der Waals surface area (Å²) in [7, 11) is 0. The molecule has 3 heterocycles. The van der Waals surface area contributed by atoms with Gasteiger partial charge >= 0.3 is 0 Å². The summed E-state index contributed by atoms with van der Waals surface area (Å²) in [6.45, 7) is 0. The highest BCUT2D eigenvalue weighted by Crippen LogP contribution is 2.14. The molecule has 0 aromatic carbocycles. The van der Waals surface area contributed by atoms with Crippen LogP contribution in [0.15, 0.2) is 48.9 Å². The average Bonchev–Trinajstić information content (AvgIpc) is 3.03. The molecule has 16 heavy (non-hydrogen) atoms. The molecule has 0 radical (unpaired) electrons. The van der Waals surface area contributed by atoms with Gasteiger partial charge in [-0.15, -0.1) is 0 Å². The summed E-state index contributed by atoms with van der Waals surface area (Å²) in [4.78, 5) is 4.49. The highest BCUT2D eigenvalue weighted by molar-refractivity contribution is 5.54. The molecule has 0 saturated carbocycles. The van der Waals surface area contributed by atoms with Crippen LogP contribution in [0.25, 0.3) is 17.2 Å². The summed E-state index contributed by atoms with van der Waals surface area (Å²) in [6.07, 6.45) is 5.29. The number of nitrogens with one attached hydrogen (secondary N) is 1. The fourth-order valence-electron chi connectivity index (χ4n) is 1.50. The SMILES string of the molecule is c1cc(-c2ccn[nH]2)nc(-n2cccn2)c1. The van der Waals surface area contributed by atoms with E-state index in [9.17, 15) is 0 Å². The van der Waals surface area contributed by atoms with Gasteiger partial charge in [-0.25, -0.2) is 9.67 Å². The van der Waals surface area contributed by atoms with Gasteiger partial charge in [0.2, 0.25) is 0 Å². The maximum atomic E-state index is 4.49. The van der Waals surface area contributed by atoms with Gasteiger partial charge in [0.05, 0.1) is 11.4 Å². The minimum absolute atomic E-state index is 0.789. The van der Waals surface area contributed by atoms with Crippen molar-refractivity contribution in [3.05, 3.63) is 48.9 Å². The number of hydrogen-bond acceptors (Lipinski definition) is 3. The van der Waals surface area contributed by atoms with Gasteiger partial charge in [0.25, 0.3) is 0 Å². The summed E-state index contributed by atoms with van der Waals surface area (Å²) < 4.78 is 1.72. The van der Waals surface area contributed by atoms with E-state index in [0.29, 0.717) is 0 Å². The molecule has 0 fully saturated rings. The molecular weight excluding hydrogens is 202 g/mol. The number of pyridine rings is 1. The molecule has 78 valence electrons. The molecule has 3 aromatic rings. The van der Waals surface area contributed by atoms with Crippen LogP contribution in [0.3, 0.4) is 0 Å². The van der Waals surface area contributed by atoms with Gasteiger partial charge in [-0.3, -0.25) is 5.10 Å². The van der Waals surface area contributed by atoms with Crippen molar-refractivity contribution in [1.82, 2.24) is 25.0 Å². The molecule has 1 N–H and O–H groups in total. The average molecular weight is 211 g/mol. The highest BCUT2D eigenvalue weighted by Gasteiger charge is 2.03. The van der Waals surface area contributed by atoms with Gasteiger partial charge in [-0.05, 0) is 24.3 Å². The standard InChI is InChI=1S/C11H9N5/c1-3-9(10-5-7-12-15-10)14-11(4-1)16-8-2-6-13-16/h1-8H,(H,12,15). The smallest absolute Gasteiger partial charge is 0.154 e. The molecule has 0 amide bonds. The minimum Gasteiger partial charge on any atom is -0.276 e. The third-order valence-corrected chi connectivity index (χ3v) is 2.25. The number of hydrogen-bond donors (Lipinski definition) is 1. The molecule has 5 nitrogen and oxygen atoms in total. The number of nitrogens with zero attached hydrogens (tertiary/aromatic N) is 4. The molecule has 3 rings (SSSR count). The molecule has 0 aliphatic rings. The monoisotopic (exact) mass is 211 g/mol. The molecule has 5 heteroatoms. The van der Waals surface area contributed by atoms with Gasteiger partial charge in [-0.2, -0.15) is 10.2 Å². The van der Waals surface area contributed by atoms with Crippen molar-refractivity contribution < 1.29 is 0 Å². The quantitative estimate of drug-likeness (QED) is 0.701. The summed E-state index contributed by atoms with van der Waals surface area (Å²) in [5.74, 6) is 0.789. The van der Waals surface area contributed by atoms with E-state index in [1.54, 1.807) is 17.1 Å². The molecule has 0 saturated heterocycles. The van der Waals surface area contributed by atoms with E-state index in [0.717, 1.165) is 17.2 Å². The topological polar surface area (TPSA) is 59.4 Å². The first-order valence-corrected chi connectivity index (χ1v) is 4.90. The molecular formula is C11H9N5. The third kappa shape index (κ3) is 1.48. The Morgan fingerprint density at radius 1 is 1.06 bits per heavy atom. The largest absolute Gasteiger partial charge is 0.276 e. The van der Waals surface area contributed by atoms with E-state index >= 15 is 0 Å². The first-order chi connectivity index (χ1) is 7.93. The molecule has 0 unspecified atom stereocenters. The van der Waals surface area contributed by atoms with Crippen molar-refractivity contribution in [2.75, 3.05) is 0 Å². The van der Waals surface area contributed by atoms with Crippen LogP contribution in [-0.4, -0.2) is 25.0 Å². The second-order valence-corrected chi connectivity index (χ2v) is 3.30. The lowest BCUT2D eigenvalue weighted by Gasteiger charge is -2.02. The normalized spacial score (nSPS) is 10.5.